The van der Waals surface area contributed by atoms with E-state index in [-0.39, 0.29) is 12.7 Å². The Morgan fingerprint density at radius 2 is 2.06 bits per heavy atom. The summed E-state index contributed by atoms with van der Waals surface area (Å²) >= 11 is 0. The highest BCUT2D eigenvalue weighted by Crippen LogP contribution is 2.65. The van der Waals surface area contributed by atoms with Crippen molar-refractivity contribution in [3.8, 4) is 0 Å². The van der Waals surface area contributed by atoms with Gasteiger partial charge in [0.2, 0.25) is 0 Å². The summed E-state index contributed by atoms with van der Waals surface area (Å²) in [5, 5.41) is 3.52. The van der Waals surface area contributed by atoms with Gasteiger partial charge in [-0.2, -0.15) is 0 Å². The number of rotatable bonds is 1. The van der Waals surface area contributed by atoms with Gasteiger partial charge in [-0.1, -0.05) is 13.8 Å². The van der Waals surface area contributed by atoms with Crippen LogP contribution in [0.1, 0.15) is 46.5 Å². The van der Waals surface area contributed by atoms with Crippen LogP contribution in [0.5, 0.6) is 0 Å². The second kappa shape index (κ2) is 3.53. The monoisotopic (exact) mass is 249 g/mol. The topological polar surface area (TPSA) is 30.5 Å². The first kappa shape index (κ1) is 11.7. The van der Waals surface area contributed by atoms with Crippen LogP contribution in [0.3, 0.4) is 0 Å². The van der Waals surface area contributed by atoms with Gasteiger partial charge >= 0.3 is 7.12 Å². The average molecular weight is 249 g/mol. The van der Waals surface area contributed by atoms with E-state index in [1.165, 1.54) is 25.7 Å². The van der Waals surface area contributed by atoms with E-state index in [2.05, 4.69) is 26.1 Å². The maximum Gasteiger partial charge on any atom is 0.475 e. The van der Waals surface area contributed by atoms with Crippen molar-refractivity contribution >= 4 is 7.12 Å². The van der Waals surface area contributed by atoms with E-state index in [9.17, 15) is 0 Å². The van der Waals surface area contributed by atoms with Crippen LogP contribution in [-0.4, -0.2) is 31.3 Å². The summed E-state index contributed by atoms with van der Waals surface area (Å²) in [5.74, 6) is 1.95. The van der Waals surface area contributed by atoms with E-state index in [1.807, 2.05) is 0 Å². The highest BCUT2D eigenvalue weighted by atomic mass is 16.7. The average Bonchev–Trinajstić information content (AvgIpc) is 2.92. The summed E-state index contributed by atoms with van der Waals surface area (Å²) in [7, 11) is -0.00218. The first-order valence-corrected chi connectivity index (χ1v) is 7.58. The third-order valence-corrected chi connectivity index (χ3v) is 6.40. The summed E-state index contributed by atoms with van der Waals surface area (Å²) in [6.07, 6.45) is 5.33. The van der Waals surface area contributed by atoms with Gasteiger partial charge in [-0.25, -0.2) is 0 Å². The second-order valence-corrected chi connectivity index (χ2v) is 7.54. The van der Waals surface area contributed by atoms with Crippen molar-refractivity contribution in [2.75, 3.05) is 6.54 Å². The lowest BCUT2D eigenvalue weighted by Crippen LogP contribution is -2.65. The normalized spacial score (nSPS) is 53.2. The number of nitrogens with one attached hydrogen (secondary N) is 1. The molecular weight excluding hydrogens is 225 g/mol. The Hall–Kier alpha value is -0.0551. The molecule has 0 radical (unpaired) electrons. The largest absolute Gasteiger partial charge is 0.475 e. The molecule has 3 aliphatic carbocycles. The van der Waals surface area contributed by atoms with E-state index in [0.717, 1.165) is 12.5 Å². The molecule has 0 aromatic rings. The maximum atomic E-state index is 6.44. The Morgan fingerprint density at radius 3 is 2.72 bits per heavy atom. The van der Waals surface area contributed by atoms with Crippen molar-refractivity contribution in [3.05, 3.63) is 0 Å². The van der Waals surface area contributed by atoms with Gasteiger partial charge < -0.3 is 14.6 Å². The molecule has 100 valence electrons. The predicted molar refractivity (Wildman–Crippen MR) is 71.1 cm³/mol. The molecule has 0 aromatic heterocycles. The highest BCUT2D eigenvalue weighted by Gasteiger charge is 2.68. The van der Waals surface area contributed by atoms with Crippen LogP contribution in [0.4, 0.5) is 0 Å². The van der Waals surface area contributed by atoms with E-state index < -0.39 is 0 Å². The van der Waals surface area contributed by atoms with Gasteiger partial charge in [0, 0.05) is 5.94 Å². The lowest BCUT2D eigenvalue weighted by atomic mass is 9.43. The molecule has 0 spiro atoms. The highest BCUT2D eigenvalue weighted by molar-refractivity contribution is 6.47. The first-order chi connectivity index (χ1) is 8.52. The van der Waals surface area contributed by atoms with Crippen LogP contribution < -0.4 is 5.32 Å². The van der Waals surface area contributed by atoms with Crippen LogP contribution in [0.2, 0.25) is 0 Å². The second-order valence-electron chi connectivity index (χ2n) is 7.54. The van der Waals surface area contributed by atoms with Crippen LogP contribution in [0, 0.1) is 17.3 Å². The Morgan fingerprint density at radius 1 is 1.22 bits per heavy atom. The van der Waals surface area contributed by atoms with Crippen LogP contribution in [0.15, 0.2) is 0 Å². The van der Waals surface area contributed by atoms with Crippen molar-refractivity contribution in [2.45, 2.75) is 64.1 Å². The number of hydrogen-bond donors (Lipinski definition) is 1. The fraction of sp³-hybridized carbons (Fsp3) is 1.00. The Balaban J connectivity index is 1.57. The minimum atomic E-state index is -0.0345. The molecule has 4 unspecified atom stereocenters. The first-order valence-electron chi connectivity index (χ1n) is 7.58. The molecule has 2 heterocycles. The maximum absolute atomic E-state index is 6.44. The standard InChI is InChI=1S/C14H24BNO2/c1-13(2)9-7-10(13)14(3)11(8-9)17-15(18-14)12-5-4-6-16-12/h9-12,16H,4-8H2,1-3H3/t9-,10?,11?,12?,14?/m1/s1. The van der Waals surface area contributed by atoms with Crippen LogP contribution in [-0.2, 0) is 9.31 Å². The lowest BCUT2D eigenvalue weighted by molar-refractivity contribution is -0.199. The molecule has 3 saturated carbocycles. The van der Waals surface area contributed by atoms with Crippen molar-refractivity contribution in [1.82, 2.24) is 5.32 Å². The molecule has 5 aliphatic rings. The minimum absolute atomic E-state index is 0.00218. The van der Waals surface area contributed by atoms with Crippen molar-refractivity contribution in [3.63, 3.8) is 0 Å². The molecule has 1 N–H and O–H groups in total. The fourth-order valence-electron chi connectivity index (χ4n) is 5.01. The van der Waals surface area contributed by atoms with Gasteiger partial charge in [0.1, 0.15) is 0 Å². The van der Waals surface area contributed by atoms with E-state index >= 15 is 0 Å². The molecule has 4 heteroatoms. The quantitative estimate of drug-likeness (QED) is 0.721. The molecule has 5 fully saturated rings. The van der Waals surface area contributed by atoms with E-state index in [1.54, 1.807) is 0 Å². The zero-order valence-electron chi connectivity index (χ0n) is 11.7. The molecular formula is C14H24BNO2. The van der Waals surface area contributed by atoms with Gasteiger partial charge in [0.25, 0.3) is 0 Å². The predicted octanol–water partition coefficient (Wildman–Crippen LogP) is 2.01. The van der Waals surface area contributed by atoms with E-state index in [4.69, 9.17) is 9.31 Å². The third kappa shape index (κ3) is 1.32. The molecule has 5 atom stereocenters. The molecule has 2 aliphatic heterocycles. The van der Waals surface area contributed by atoms with Gasteiger partial charge in [-0.05, 0) is 56.4 Å². The Labute approximate surface area is 110 Å². The summed E-state index contributed by atoms with van der Waals surface area (Å²) in [5.41, 5.74) is 0.416. The van der Waals surface area contributed by atoms with Crippen molar-refractivity contribution in [1.29, 1.82) is 0 Å². The van der Waals surface area contributed by atoms with Crippen LogP contribution in [0.25, 0.3) is 0 Å². The van der Waals surface area contributed by atoms with Gasteiger partial charge in [0.15, 0.2) is 0 Å². The summed E-state index contributed by atoms with van der Waals surface area (Å²) in [6.45, 7) is 8.25. The van der Waals surface area contributed by atoms with Gasteiger partial charge in [0.05, 0.1) is 11.7 Å². The molecule has 2 saturated heterocycles. The molecule has 5 rings (SSSR count). The molecule has 18 heavy (non-hydrogen) atoms. The summed E-state index contributed by atoms with van der Waals surface area (Å²) < 4.78 is 12.7. The molecule has 3 nitrogen and oxygen atoms in total. The van der Waals surface area contributed by atoms with Crippen molar-refractivity contribution < 1.29 is 9.31 Å². The van der Waals surface area contributed by atoms with Gasteiger partial charge in [-0.15, -0.1) is 0 Å². The molecule has 0 aromatic carbocycles. The SMILES string of the molecule is CC12OB(C3CCCN3)OC1C[C@H]1CC2C1(C)C. The van der Waals surface area contributed by atoms with Crippen LogP contribution >= 0.6 is 0 Å². The van der Waals surface area contributed by atoms with E-state index in [0.29, 0.717) is 23.4 Å². The minimum Gasteiger partial charge on any atom is -0.404 e. The summed E-state index contributed by atoms with van der Waals surface area (Å²) in [4.78, 5) is 0. The van der Waals surface area contributed by atoms with Gasteiger partial charge in [-0.3, -0.25) is 0 Å². The summed E-state index contributed by atoms with van der Waals surface area (Å²) in [6, 6.07) is 0. The Bertz CT molecular complexity index is 369. The Kier molecular flexibility index (Phi) is 2.30. The fourth-order valence-corrected chi connectivity index (χ4v) is 5.01. The third-order valence-electron chi connectivity index (χ3n) is 6.40. The van der Waals surface area contributed by atoms with Crippen molar-refractivity contribution in [2.24, 2.45) is 17.3 Å². The molecule has 2 bridgehead atoms. The zero-order chi connectivity index (χ0) is 12.5. The number of hydrogen-bond acceptors (Lipinski definition) is 3. The lowest BCUT2D eigenvalue weighted by Gasteiger charge is -2.64. The zero-order valence-corrected chi connectivity index (χ0v) is 11.7. The molecule has 0 amide bonds. The smallest absolute Gasteiger partial charge is 0.404 e.